The Labute approximate surface area is 151 Å². The molecule has 0 saturated carbocycles. The van der Waals surface area contributed by atoms with E-state index in [-0.39, 0.29) is 22.6 Å². The van der Waals surface area contributed by atoms with Crippen LogP contribution in [0.4, 0.5) is 10.7 Å². The van der Waals surface area contributed by atoms with Gasteiger partial charge in [0.25, 0.3) is 10.0 Å². The lowest BCUT2D eigenvalue weighted by Gasteiger charge is -2.12. The van der Waals surface area contributed by atoms with Gasteiger partial charge in [-0.1, -0.05) is 24.8 Å². The van der Waals surface area contributed by atoms with E-state index in [2.05, 4.69) is 21.9 Å². The Kier molecular flexibility index (Phi) is 5.78. The van der Waals surface area contributed by atoms with Gasteiger partial charge in [0.1, 0.15) is 0 Å². The van der Waals surface area contributed by atoms with E-state index in [4.69, 9.17) is 9.47 Å². The normalized spacial score (nSPS) is 10.7. The second-order valence-electron chi connectivity index (χ2n) is 5.11. The molecule has 0 unspecified atom stereocenters. The van der Waals surface area contributed by atoms with Crippen molar-refractivity contribution in [1.82, 2.24) is 14.7 Å². The van der Waals surface area contributed by atoms with E-state index in [0.717, 1.165) is 0 Å². The lowest BCUT2D eigenvalue weighted by atomic mass is 10.1. The zero-order valence-electron chi connectivity index (χ0n) is 14.4. The monoisotopic (exact) mass is 378 g/mol. The number of nitrogens with one attached hydrogen (secondary N) is 2. The van der Waals surface area contributed by atoms with Gasteiger partial charge in [0.15, 0.2) is 0 Å². The van der Waals surface area contributed by atoms with Gasteiger partial charge in [0, 0.05) is 0 Å². The Morgan fingerprint density at radius 2 is 1.69 bits per heavy atom. The maximum absolute atomic E-state index is 12.5. The van der Waals surface area contributed by atoms with Crippen LogP contribution in [-0.2, 0) is 10.0 Å². The summed E-state index contributed by atoms with van der Waals surface area (Å²) in [5, 5.41) is 2.23. The van der Waals surface area contributed by atoms with Crippen molar-refractivity contribution in [3.63, 3.8) is 0 Å². The van der Waals surface area contributed by atoms with Gasteiger partial charge in [-0.25, -0.2) is 17.9 Å². The van der Waals surface area contributed by atoms with Crippen molar-refractivity contribution in [2.75, 3.05) is 19.5 Å². The summed E-state index contributed by atoms with van der Waals surface area (Å²) < 4.78 is 36.8. The van der Waals surface area contributed by atoms with E-state index in [1.54, 1.807) is 25.1 Å². The number of aromatic nitrogens is 2. The summed E-state index contributed by atoms with van der Waals surface area (Å²) in [6.07, 6.45) is 0. The number of hydrogen-bond donors (Lipinski definition) is 2. The first-order valence-electron chi connectivity index (χ1n) is 7.32. The van der Waals surface area contributed by atoms with Crippen LogP contribution < -0.4 is 19.5 Å². The molecule has 0 bridgehead atoms. The van der Waals surface area contributed by atoms with E-state index in [9.17, 15) is 13.2 Å². The van der Waals surface area contributed by atoms with Gasteiger partial charge in [0.05, 0.1) is 25.2 Å². The predicted octanol–water partition coefficient (Wildman–Crippen LogP) is 2.04. The van der Waals surface area contributed by atoms with E-state index in [1.807, 2.05) is 4.72 Å². The minimum atomic E-state index is -4.13. The average molecular weight is 378 g/mol. The third kappa shape index (κ3) is 4.48. The fourth-order valence-corrected chi connectivity index (χ4v) is 3.22. The molecular weight excluding hydrogens is 360 g/mol. The third-order valence-electron chi connectivity index (χ3n) is 3.19. The number of carbonyl (C=O) groups is 1. The van der Waals surface area contributed by atoms with Crippen molar-refractivity contribution >= 4 is 27.6 Å². The van der Waals surface area contributed by atoms with Gasteiger partial charge in [-0.3, -0.25) is 5.32 Å². The van der Waals surface area contributed by atoms with Crippen molar-refractivity contribution < 1.29 is 22.7 Å². The number of benzene rings is 1. The summed E-state index contributed by atoms with van der Waals surface area (Å²) in [6, 6.07) is 6.59. The fourth-order valence-electron chi connectivity index (χ4n) is 2.03. The number of anilines is 1. The lowest BCUT2D eigenvalue weighted by molar-refractivity contribution is 0.256. The molecule has 0 aliphatic carbocycles. The van der Waals surface area contributed by atoms with E-state index in [0.29, 0.717) is 11.1 Å². The number of rotatable bonds is 6. The Bertz CT molecular complexity index is 921. The number of ether oxygens (including phenoxy) is 2. The molecule has 9 nitrogen and oxygen atoms in total. The van der Waals surface area contributed by atoms with E-state index in [1.165, 1.54) is 26.4 Å². The van der Waals surface area contributed by atoms with Crippen LogP contribution in [0, 0.1) is 0 Å². The number of carbonyl (C=O) groups excluding carboxylic acids is 1. The Morgan fingerprint density at radius 1 is 1.12 bits per heavy atom. The highest BCUT2D eigenvalue weighted by Gasteiger charge is 2.22. The van der Waals surface area contributed by atoms with Gasteiger partial charge in [-0.15, -0.1) is 0 Å². The summed E-state index contributed by atoms with van der Waals surface area (Å²) in [5.74, 6) is 0.104. The SMILES string of the molecule is C=C(C)c1ccccc1S(=O)(=O)NC(=O)Nc1nc(OC)cc(OC)n1. The van der Waals surface area contributed by atoms with Crippen LogP contribution in [-0.4, -0.2) is 38.6 Å². The van der Waals surface area contributed by atoms with Gasteiger partial charge in [0.2, 0.25) is 17.7 Å². The molecule has 0 fully saturated rings. The largest absolute Gasteiger partial charge is 0.481 e. The van der Waals surface area contributed by atoms with Crippen LogP contribution in [0.15, 0.2) is 41.8 Å². The van der Waals surface area contributed by atoms with Gasteiger partial charge < -0.3 is 9.47 Å². The molecular formula is C16H18N4O5S. The van der Waals surface area contributed by atoms with Crippen LogP contribution in [0.2, 0.25) is 0 Å². The smallest absolute Gasteiger partial charge is 0.335 e. The first kappa shape index (κ1) is 19.2. The molecule has 138 valence electrons. The summed E-state index contributed by atoms with van der Waals surface area (Å²) in [5.41, 5.74) is 0.958. The standard InChI is InChI=1S/C16H18N4O5S/c1-10(2)11-7-5-6-8-12(11)26(22,23)20-16(21)19-15-17-13(24-3)9-14(18-15)25-4/h5-9H,1H2,2-4H3,(H2,17,18,19,20,21). The zero-order valence-corrected chi connectivity index (χ0v) is 15.3. The average Bonchev–Trinajstić information content (AvgIpc) is 2.60. The summed E-state index contributed by atoms with van der Waals surface area (Å²) in [6.45, 7) is 5.42. The minimum Gasteiger partial charge on any atom is -0.481 e. The van der Waals surface area contributed by atoms with Crippen LogP contribution >= 0.6 is 0 Å². The van der Waals surface area contributed by atoms with E-state index < -0.39 is 16.1 Å². The van der Waals surface area contributed by atoms with Crippen LogP contribution in [0.1, 0.15) is 12.5 Å². The molecule has 26 heavy (non-hydrogen) atoms. The Balaban J connectivity index is 2.23. The number of amides is 2. The molecule has 1 aromatic carbocycles. The second-order valence-corrected chi connectivity index (χ2v) is 6.76. The molecule has 2 amide bonds. The minimum absolute atomic E-state index is 0.0632. The van der Waals surface area contributed by atoms with Crippen molar-refractivity contribution in [1.29, 1.82) is 0 Å². The Morgan fingerprint density at radius 3 is 2.23 bits per heavy atom. The molecule has 1 aromatic heterocycles. The van der Waals surface area contributed by atoms with Gasteiger partial charge in [-0.05, 0) is 24.1 Å². The topological polar surface area (TPSA) is 120 Å². The van der Waals surface area contributed by atoms with E-state index >= 15 is 0 Å². The quantitative estimate of drug-likeness (QED) is 0.789. The number of methoxy groups -OCH3 is 2. The van der Waals surface area contributed by atoms with Crippen molar-refractivity contribution in [3.05, 3.63) is 42.5 Å². The van der Waals surface area contributed by atoms with Gasteiger partial charge in [-0.2, -0.15) is 9.97 Å². The lowest BCUT2D eigenvalue weighted by Crippen LogP contribution is -2.35. The third-order valence-corrected chi connectivity index (χ3v) is 4.58. The van der Waals surface area contributed by atoms with Crippen molar-refractivity contribution in [2.45, 2.75) is 11.8 Å². The molecule has 0 radical (unpaired) electrons. The summed E-state index contributed by atoms with van der Waals surface area (Å²) >= 11 is 0. The first-order chi connectivity index (χ1) is 12.3. The highest BCUT2D eigenvalue weighted by molar-refractivity contribution is 7.90. The first-order valence-corrected chi connectivity index (χ1v) is 8.81. The fraction of sp³-hybridized carbons (Fsp3) is 0.188. The molecule has 0 saturated heterocycles. The number of hydrogen-bond acceptors (Lipinski definition) is 7. The van der Waals surface area contributed by atoms with Crippen molar-refractivity contribution in [2.24, 2.45) is 0 Å². The highest BCUT2D eigenvalue weighted by atomic mass is 32.2. The molecule has 0 aliphatic heterocycles. The molecule has 1 heterocycles. The molecule has 0 aliphatic rings. The van der Waals surface area contributed by atoms with Crippen LogP contribution in [0.25, 0.3) is 5.57 Å². The predicted molar refractivity (Wildman–Crippen MR) is 95.6 cm³/mol. The summed E-state index contributed by atoms with van der Waals surface area (Å²) in [7, 11) is -1.37. The molecule has 0 atom stereocenters. The molecule has 2 aromatic rings. The highest BCUT2D eigenvalue weighted by Crippen LogP contribution is 2.22. The molecule has 10 heteroatoms. The second kappa shape index (κ2) is 7.83. The van der Waals surface area contributed by atoms with Crippen LogP contribution in [0.3, 0.4) is 0 Å². The van der Waals surface area contributed by atoms with Crippen molar-refractivity contribution in [3.8, 4) is 11.8 Å². The number of urea groups is 1. The number of sulfonamides is 1. The maximum atomic E-state index is 12.5. The van der Waals surface area contributed by atoms with Crippen LogP contribution in [0.5, 0.6) is 11.8 Å². The summed E-state index contributed by atoms with van der Waals surface area (Å²) in [4.78, 5) is 19.8. The zero-order chi connectivity index (χ0) is 19.3. The van der Waals surface area contributed by atoms with Gasteiger partial charge >= 0.3 is 6.03 Å². The number of allylic oxidation sites excluding steroid dienone is 1. The number of nitrogens with zero attached hydrogens (tertiary/aromatic N) is 2. The molecule has 2 N–H and O–H groups in total. The maximum Gasteiger partial charge on any atom is 0.335 e. The molecule has 2 rings (SSSR count). The molecule has 0 spiro atoms. The Hall–Kier alpha value is -3.14.